The van der Waals surface area contributed by atoms with Gasteiger partial charge in [-0.1, -0.05) is 19.4 Å². The summed E-state index contributed by atoms with van der Waals surface area (Å²) in [4.78, 5) is 2.76. The van der Waals surface area contributed by atoms with Gasteiger partial charge in [-0.15, -0.1) is 0 Å². The van der Waals surface area contributed by atoms with Gasteiger partial charge in [0.1, 0.15) is 0 Å². The van der Waals surface area contributed by atoms with Crippen LogP contribution in [0.2, 0.25) is 0 Å². The fourth-order valence-electron chi connectivity index (χ4n) is 7.89. The fraction of sp³-hybridized carbons (Fsp3) is 0.786. The first-order chi connectivity index (χ1) is 16.6. The molecule has 6 nitrogen and oxygen atoms in total. The zero-order valence-electron chi connectivity index (χ0n) is 21.4. The van der Waals surface area contributed by atoms with Gasteiger partial charge in [0.25, 0.3) is 0 Å². The molecule has 2 aliphatic heterocycles. The maximum Gasteiger partial charge on any atom is 0.206 e. The Morgan fingerprint density at radius 2 is 1.91 bits per heavy atom. The molecule has 2 bridgehead atoms. The first-order valence-corrected chi connectivity index (χ1v) is 13.5. The molecular weight excluding hydrogens is 430 g/mol. The molecule has 188 valence electrons. The van der Waals surface area contributed by atoms with Crippen LogP contribution < -0.4 is 9.47 Å². The van der Waals surface area contributed by atoms with Gasteiger partial charge in [-0.3, -0.25) is 4.90 Å². The van der Waals surface area contributed by atoms with E-state index in [4.69, 9.17) is 23.7 Å². The number of methoxy groups -OCH3 is 2. The summed E-state index contributed by atoms with van der Waals surface area (Å²) in [6.45, 7) is 8.01. The van der Waals surface area contributed by atoms with E-state index >= 15 is 0 Å². The highest BCUT2D eigenvalue weighted by Gasteiger charge is 2.77. The molecule has 2 saturated carbocycles. The van der Waals surface area contributed by atoms with Gasteiger partial charge in [0.15, 0.2) is 17.6 Å². The van der Waals surface area contributed by atoms with Crippen LogP contribution in [0.4, 0.5) is 0 Å². The van der Waals surface area contributed by atoms with E-state index in [0.29, 0.717) is 19.3 Å². The highest BCUT2D eigenvalue weighted by atomic mass is 16.7. The van der Waals surface area contributed by atoms with Crippen LogP contribution >= 0.6 is 0 Å². The van der Waals surface area contributed by atoms with Crippen molar-refractivity contribution in [1.29, 1.82) is 0 Å². The molecule has 2 heterocycles. The molecule has 0 unspecified atom stereocenters. The van der Waals surface area contributed by atoms with E-state index in [1.54, 1.807) is 14.2 Å². The molecule has 1 spiro atoms. The van der Waals surface area contributed by atoms with Gasteiger partial charge in [-0.05, 0) is 69.5 Å². The number of hydrogen-bond donors (Lipinski definition) is 0. The lowest BCUT2D eigenvalue weighted by Crippen LogP contribution is -2.80. The summed E-state index contributed by atoms with van der Waals surface area (Å²) in [5.41, 5.74) is 2.11. The van der Waals surface area contributed by atoms with Crippen molar-refractivity contribution in [3.05, 3.63) is 23.3 Å². The topological polar surface area (TPSA) is 49.4 Å². The van der Waals surface area contributed by atoms with Gasteiger partial charge in [0.2, 0.25) is 5.79 Å². The second kappa shape index (κ2) is 8.36. The molecule has 1 saturated heterocycles. The van der Waals surface area contributed by atoms with Crippen molar-refractivity contribution in [2.45, 2.75) is 94.2 Å². The molecule has 1 aromatic rings. The Morgan fingerprint density at radius 1 is 1.09 bits per heavy atom. The molecule has 34 heavy (non-hydrogen) atoms. The van der Waals surface area contributed by atoms with Gasteiger partial charge in [-0.2, -0.15) is 0 Å². The molecule has 1 aromatic carbocycles. The number of hydrogen-bond acceptors (Lipinski definition) is 6. The van der Waals surface area contributed by atoms with E-state index in [-0.39, 0.29) is 17.1 Å². The first-order valence-electron chi connectivity index (χ1n) is 13.5. The van der Waals surface area contributed by atoms with E-state index in [9.17, 15) is 0 Å². The molecule has 3 aliphatic carbocycles. The Balaban J connectivity index is 1.53. The maximum atomic E-state index is 6.97. The zero-order valence-corrected chi connectivity index (χ0v) is 21.4. The monoisotopic (exact) mass is 471 g/mol. The first kappa shape index (κ1) is 23.1. The minimum Gasteiger partial charge on any atom is -0.490 e. The van der Waals surface area contributed by atoms with Crippen molar-refractivity contribution < 1.29 is 23.7 Å². The quantitative estimate of drug-likeness (QED) is 0.371. The number of nitrogens with zero attached hydrogens (tertiary/aromatic N) is 1. The number of benzene rings is 1. The molecule has 6 heteroatoms. The fourth-order valence-corrected chi connectivity index (χ4v) is 7.89. The van der Waals surface area contributed by atoms with E-state index in [2.05, 4.69) is 30.9 Å². The molecule has 5 aliphatic rings. The summed E-state index contributed by atoms with van der Waals surface area (Å²) in [7, 11) is 3.53. The molecule has 0 amide bonds. The second-order valence-electron chi connectivity index (χ2n) is 11.0. The van der Waals surface area contributed by atoms with Crippen molar-refractivity contribution >= 4 is 0 Å². The van der Waals surface area contributed by atoms with Crippen molar-refractivity contribution in [2.75, 3.05) is 40.5 Å². The average Bonchev–Trinajstić information content (AvgIpc) is 3.59. The predicted octanol–water partition coefficient (Wildman–Crippen LogP) is 4.46. The van der Waals surface area contributed by atoms with E-state index in [1.807, 2.05) is 0 Å². The second-order valence-corrected chi connectivity index (χ2v) is 11.0. The standard InChI is InChI=1S/C28H41NO5/c1-5-7-16-32-21-11-10-20-17-22-27(33-6-2)12-13-28(30-3,31-4)25-26(27,23(20)24(21)34-25)14-15-29(22)18-19-8-9-19/h10-11,19,22,25H,5-9,12-18H2,1-4H3/t22-,25-,26+,27-/m1/s1. The normalized spacial score (nSPS) is 35.1. The van der Waals surface area contributed by atoms with Crippen LogP contribution in [0.3, 0.4) is 0 Å². The van der Waals surface area contributed by atoms with Crippen LogP contribution in [0.1, 0.15) is 69.9 Å². The molecule has 6 rings (SSSR count). The third kappa shape index (κ3) is 2.95. The van der Waals surface area contributed by atoms with Crippen LogP contribution in [0.5, 0.6) is 11.5 Å². The van der Waals surface area contributed by atoms with E-state index in [0.717, 1.165) is 62.5 Å². The Kier molecular flexibility index (Phi) is 5.68. The summed E-state index contributed by atoms with van der Waals surface area (Å²) in [5, 5.41) is 0. The summed E-state index contributed by atoms with van der Waals surface area (Å²) < 4.78 is 32.6. The molecule has 0 radical (unpaired) electrons. The maximum absolute atomic E-state index is 6.97. The summed E-state index contributed by atoms with van der Waals surface area (Å²) >= 11 is 0. The third-order valence-electron chi connectivity index (χ3n) is 9.56. The number of rotatable bonds is 10. The SMILES string of the molecule is CCCCOc1ccc2c3c1O[C@H]1C(OC)(OC)CC[C@@]4(OCC)[C@@H](C2)N(CC2CC2)CC[C@]314. The Bertz CT molecular complexity index is 928. The number of piperidine rings is 1. The van der Waals surface area contributed by atoms with Crippen LogP contribution in [-0.2, 0) is 26.0 Å². The van der Waals surface area contributed by atoms with Crippen molar-refractivity contribution in [1.82, 2.24) is 4.90 Å². The molecule has 0 N–H and O–H groups in total. The van der Waals surface area contributed by atoms with Gasteiger partial charge >= 0.3 is 0 Å². The number of likely N-dealkylation sites (tertiary alicyclic amines) is 1. The van der Waals surface area contributed by atoms with E-state index < -0.39 is 5.79 Å². The van der Waals surface area contributed by atoms with Crippen LogP contribution in [0.25, 0.3) is 0 Å². The van der Waals surface area contributed by atoms with Crippen molar-refractivity contribution in [2.24, 2.45) is 5.92 Å². The summed E-state index contributed by atoms with van der Waals surface area (Å²) in [5.74, 6) is 1.84. The Hall–Kier alpha value is -1.34. The lowest BCUT2D eigenvalue weighted by Gasteiger charge is -2.67. The minimum absolute atomic E-state index is 0.258. The number of ether oxygens (including phenoxy) is 5. The molecule has 0 aromatic heterocycles. The molecule has 4 atom stereocenters. The molecular formula is C28H41NO5. The third-order valence-corrected chi connectivity index (χ3v) is 9.56. The molecule has 3 fully saturated rings. The highest BCUT2D eigenvalue weighted by molar-refractivity contribution is 5.63. The summed E-state index contributed by atoms with van der Waals surface area (Å²) in [6, 6.07) is 4.78. The van der Waals surface area contributed by atoms with Crippen LogP contribution in [0, 0.1) is 5.92 Å². The number of unbranched alkanes of at least 4 members (excludes halogenated alkanes) is 1. The van der Waals surface area contributed by atoms with E-state index in [1.165, 1.54) is 30.5 Å². The largest absolute Gasteiger partial charge is 0.490 e. The zero-order chi connectivity index (χ0) is 23.6. The average molecular weight is 472 g/mol. The van der Waals surface area contributed by atoms with Crippen molar-refractivity contribution in [3.63, 3.8) is 0 Å². The predicted molar refractivity (Wildman–Crippen MR) is 130 cm³/mol. The minimum atomic E-state index is -0.794. The van der Waals surface area contributed by atoms with Gasteiger partial charge in [-0.25, -0.2) is 0 Å². The van der Waals surface area contributed by atoms with Gasteiger partial charge in [0.05, 0.1) is 17.6 Å². The van der Waals surface area contributed by atoms with Gasteiger partial charge < -0.3 is 23.7 Å². The van der Waals surface area contributed by atoms with Crippen molar-refractivity contribution in [3.8, 4) is 11.5 Å². The Morgan fingerprint density at radius 3 is 2.62 bits per heavy atom. The van der Waals surface area contributed by atoms with Crippen LogP contribution in [-0.4, -0.2) is 69.0 Å². The Labute approximate surface area is 204 Å². The smallest absolute Gasteiger partial charge is 0.206 e. The highest BCUT2D eigenvalue weighted by Crippen LogP contribution is 2.68. The lowest BCUT2D eigenvalue weighted by atomic mass is 9.48. The summed E-state index contributed by atoms with van der Waals surface area (Å²) in [6.07, 6.45) is 8.30. The lowest BCUT2D eigenvalue weighted by molar-refractivity contribution is -0.326. The van der Waals surface area contributed by atoms with Gasteiger partial charge in [0, 0.05) is 45.4 Å². The van der Waals surface area contributed by atoms with Crippen LogP contribution in [0.15, 0.2) is 12.1 Å².